The lowest BCUT2D eigenvalue weighted by Crippen LogP contribution is -2.18. The predicted molar refractivity (Wildman–Crippen MR) is 89.8 cm³/mol. The molecule has 0 saturated heterocycles. The molecule has 2 heterocycles. The highest BCUT2D eigenvalue weighted by Crippen LogP contribution is 2.32. The van der Waals surface area contributed by atoms with Gasteiger partial charge in [0.05, 0.1) is 6.20 Å². The standard InChI is InChI=1S/C18H15F2N3O3/c1-10-5-11(8-23(2)18(10)25)17-15(7-21-16(9-24)22-17)26-14-4-3-12(19)6-13(14)20/h3-8,24H,9H2,1-2H3. The molecule has 0 amide bonds. The summed E-state index contributed by atoms with van der Waals surface area (Å²) >= 11 is 0. The van der Waals surface area contributed by atoms with E-state index in [9.17, 15) is 18.7 Å². The number of ether oxygens (including phenoxy) is 1. The summed E-state index contributed by atoms with van der Waals surface area (Å²) in [5.41, 5.74) is 1.11. The Hall–Kier alpha value is -3.13. The molecule has 8 heteroatoms. The molecule has 1 aromatic carbocycles. The van der Waals surface area contributed by atoms with Crippen LogP contribution in [0.5, 0.6) is 11.5 Å². The molecule has 2 aromatic heterocycles. The minimum atomic E-state index is -0.876. The molecule has 0 aliphatic heterocycles. The van der Waals surface area contributed by atoms with E-state index in [1.165, 1.54) is 10.8 Å². The second-order valence-electron chi connectivity index (χ2n) is 5.66. The number of benzene rings is 1. The molecular weight excluding hydrogens is 344 g/mol. The molecule has 0 saturated carbocycles. The fourth-order valence-corrected chi connectivity index (χ4v) is 2.45. The van der Waals surface area contributed by atoms with Gasteiger partial charge in [-0.2, -0.15) is 0 Å². The highest BCUT2D eigenvalue weighted by molar-refractivity contribution is 5.66. The van der Waals surface area contributed by atoms with E-state index in [0.717, 1.165) is 12.1 Å². The van der Waals surface area contributed by atoms with Crippen LogP contribution >= 0.6 is 0 Å². The van der Waals surface area contributed by atoms with Gasteiger partial charge in [-0.05, 0) is 25.1 Å². The number of hydrogen-bond donors (Lipinski definition) is 1. The Kier molecular flexibility index (Phi) is 4.77. The van der Waals surface area contributed by atoms with Crippen LogP contribution in [0.2, 0.25) is 0 Å². The van der Waals surface area contributed by atoms with E-state index in [-0.39, 0.29) is 28.6 Å². The maximum Gasteiger partial charge on any atom is 0.253 e. The van der Waals surface area contributed by atoms with E-state index in [1.807, 2.05) is 0 Å². The Morgan fingerprint density at radius 2 is 2.00 bits per heavy atom. The first-order valence-electron chi connectivity index (χ1n) is 7.66. The van der Waals surface area contributed by atoms with Gasteiger partial charge in [-0.25, -0.2) is 18.7 Å². The summed E-state index contributed by atoms with van der Waals surface area (Å²) in [6.45, 7) is 1.25. The summed E-state index contributed by atoms with van der Waals surface area (Å²) in [5.74, 6) is -1.56. The van der Waals surface area contributed by atoms with Gasteiger partial charge in [0.15, 0.2) is 23.1 Å². The van der Waals surface area contributed by atoms with Crippen LogP contribution in [0.25, 0.3) is 11.3 Å². The van der Waals surface area contributed by atoms with Crippen molar-refractivity contribution in [3.63, 3.8) is 0 Å². The molecule has 3 rings (SSSR count). The van der Waals surface area contributed by atoms with Crippen LogP contribution in [0.4, 0.5) is 8.78 Å². The van der Waals surface area contributed by atoms with Crippen LogP contribution < -0.4 is 10.3 Å². The molecule has 1 N–H and O–H groups in total. The molecule has 0 spiro atoms. The highest BCUT2D eigenvalue weighted by atomic mass is 19.1. The quantitative estimate of drug-likeness (QED) is 0.775. The number of halogens is 2. The van der Waals surface area contributed by atoms with Gasteiger partial charge in [0, 0.05) is 30.4 Å². The molecule has 0 aliphatic rings. The van der Waals surface area contributed by atoms with Crippen molar-refractivity contribution >= 4 is 0 Å². The normalized spacial score (nSPS) is 10.8. The van der Waals surface area contributed by atoms with Crippen molar-refractivity contribution in [2.24, 2.45) is 7.05 Å². The lowest BCUT2D eigenvalue weighted by atomic mass is 10.1. The van der Waals surface area contributed by atoms with E-state index in [2.05, 4.69) is 9.97 Å². The Balaban J connectivity index is 2.13. The number of aromatic nitrogens is 3. The average molecular weight is 359 g/mol. The van der Waals surface area contributed by atoms with Gasteiger partial charge < -0.3 is 14.4 Å². The van der Waals surface area contributed by atoms with Crippen molar-refractivity contribution in [2.75, 3.05) is 0 Å². The van der Waals surface area contributed by atoms with Crippen molar-refractivity contribution in [1.29, 1.82) is 0 Å². The van der Waals surface area contributed by atoms with E-state index in [1.54, 1.807) is 26.2 Å². The average Bonchev–Trinajstić information content (AvgIpc) is 2.61. The van der Waals surface area contributed by atoms with Crippen molar-refractivity contribution in [1.82, 2.24) is 14.5 Å². The van der Waals surface area contributed by atoms with E-state index in [4.69, 9.17) is 4.74 Å². The second-order valence-corrected chi connectivity index (χ2v) is 5.66. The molecule has 3 aromatic rings. The third-order valence-electron chi connectivity index (χ3n) is 3.70. The zero-order valence-corrected chi connectivity index (χ0v) is 14.0. The van der Waals surface area contributed by atoms with Crippen molar-refractivity contribution in [2.45, 2.75) is 13.5 Å². The maximum absolute atomic E-state index is 13.9. The monoisotopic (exact) mass is 359 g/mol. The Labute approximate surface area is 147 Å². The molecule has 0 aliphatic carbocycles. The van der Waals surface area contributed by atoms with Crippen LogP contribution in [0, 0.1) is 18.6 Å². The van der Waals surface area contributed by atoms with Crippen LogP contribution in [0.1, 0.15) is 11.4 Å². The largest absolute Gasteiger partial charge is 0.450 e. The number of rotatable bonds is 4. The SMILES string of the molecule is Cc1cc(-c2nc(CO)ncc2Oc2ccc(F)cc2F)cn(C)c1=O. The third-order valence-corrected chi connectivity index (χ3v) is 3.70. The minimum Gasteiger partial charge on any atom is -0.450 e. The van der Waals surface area contributed by atoms with E-state index >= 15 is 0 Å². The molecule has 6 nitrogen and oxygen atoms in total. The van der Waals surface area contributed by atoms with Gasteiger partial charge in [0.1, 0.15) is 18.1 Å². The number of aliphatic hydroxyl groups is 1. The Bertz CT molecular complexity index is 1010. The molecule has 0 fully saturated rings. The predicted octanol–water partition coefficient (Wildman–Crippen LogP) is 2.71. The lowest BCUT2D eigenvalue weighted by Gasteiger charge is -2.13. The van der Waals surface area contributed by atoms with Crippen LogP contribution in [-0.4, -0.2) is 19.6 Å². The number of pyridine rings is 1. The minimum absolute atomic E-state index is 0.103. The first-order valence-corrected chi connectivity index (χ1v) is 7.66. The molecule has 0 bridgehead atoms. The van der Waals surface area contributed by atoms with Gasteiger partial charge >= 0.3 is 0 Å². The summed E-state index contributed by atoms with van der Waals surface area (Å²) in [6, 6.07) is 4.53. The zero-order chi connectivity index (χ0) is 18.8. The van der Waals surface area contributed by atoms with Gasteiger partial charge in [0.25, 0.3) is 5.56 Å². The summed E-state index contributed by atoms with van der Waals surface area (Å²) in [5, 5.41) is 9.29. The number of aryl methyl sites for hydroxylation is 2. The van der Waals surface area contributed by atoms with Crippen LogP contribution in [0.3, 0.4) is 0 Å². The van der Waals surface area contributed by atoms with Crippen molar-refractivity contribution in [3.05, 3.63) is 70.0 Å². The smallest absolute Gasteiger partial charge is 0.253 e. The number of aliphatic hydroxyl groups excluding tert-OH is 1. The second kappa shape index (κ2) is 7.01. The zero-order valence-electron chi connectivity index (χ0n) is 14.0. The number of hydrogen-bond acceptors (Lipinski definition) is 5. The van der Waals surface area contributed by atoms with E-state index < -0.39 is 18.2 Å². The summed E-state index contributed by atoms with van der Waals surface area (Å²) in [6.07, 6.45) is 2.84. The molecule has 0 unspecified atom stereocenters. The van der Waals surface area contributed by atoms with Crippen molar-refractivity contribution in [3.8, 4) is 22.8 Å². The van der Waals surface area contributed by atoms with Crippen LogP contribution in [0.15, 0.2) is 41.5 Å². The van der Waals surface area contributed by atoms with Gasteiger partial charge in [-0.15, -0.1) is 0 Å². The maximum atomic E-state index is 13.9. The van der Waals surface area contributed by atoms with Gasteiger partial charge in [-0.3, -0.25) is 4.79 Å². The van der Waals surface area contributed by atoms with Crippen molar-refractivity contribution < 1.29 is 18.6 Å². The molecule has 0 radical (unpaired) electrons. The molecule has 0 atom stereocenters. The summed E-state index contributed by atoms with van der Waals surface area (Å²) in [7, 11) is 1.59. The van der Waals surface area contributed by atoms with E-state index in [0.29, 0.717) is 17.2 Å². The topological polar surface area (TPSA) is 77.2 Å². The molecule has 134 valence electrons. The molecular formula is C18H15F2N3O3. The Morgan fingerprint density at radius 3 is 2.65 bits per heavy atom. The highest BCUT2D eigenvalue weighted by Gasteiger charge is 2.16. The summed E-state index contributed by atoms with van der Waals surface area (Å²) < 4.78 is 33.9. The van der Waals surface area contributed by atoms with Gasteiger partial charge in [-0.1, -0.05) is 0 Å². The van der Waals surface area contributed by atoms with Crippen LogP contribution in [-0.2, 0) is 13.7 Å². The first-order chi connectivity index (χ1) is 12.4. The lowest BCUT2D eigenvalue weighted by molar-refractivity contribution is 0.271. The fraction of sp³-hybridized carbons (Fsp3) is 0.167. The molecule has 26 heavy (non-hydrogen) atoms. The first kappa shape index (κ1) is 17.7. The third kappa shape index (κ3) is 3.45. The number of nitrogens with zero attached hydrogens (tertiary/aromatic N) is 3. The summed E-state index contributed by atoms with van der Waals surface area (Å²) in [4.78, 5) is 20.1. The van der Waals surface area contributed by atoms with Gasteiger partial charge in [0.2, 0.25) is 0 Å². The Morgan fingerprint density at radius 1 is 1.23 bits per heavy atom. The fourth-order valence-electron chi connectivity index (χ4n) is 2.45.